The molecule has 0 aliphatic carbocycles. The maximum Gasteiger partial charge on any atom is 0.0270 e. The Bertz CT molecular complexity index is 187. The van der Waals surface area contributed by atoms with Gasteiger partial charge >= 0.3 is 0 Å². The molecule has 0 amide bonds. The topological polar surface area (TPSA) is 26.0 Å². The Kier molecular flexibility index (Phi) is 6.16. The third-order valence-electron chi connectivity index (χ3n) is 1.70. The van der Waals surface area contributed by atoms with Crippen molar-refractivity contribution in [3.63, 3.8) is 0 Å². The molecule has 0 unspecified atom stereocenters. The van der Waals surface area contributed by atoms with Crippen LogP contribution in [0.4, 0.5) is 0 Å². The van der Waals surface area contributed by atoms with Crippen LogP contribution in [0.3, 0.4) is 0 Å². The lowest BCUT2D eigenvalue weighted by Crippen LogP contribution is -1.91. The minimum absolute atomic E-state index is 0.799. The monoisotopic (exact) mass is 165 g/mol. The van der Waals surface area contributed by atoms with Gasteiger partial charge < -0.3 is 5.73 Å². The van der Waals surface area contributed by atoms with Crippen molar-refractivity contribution in [1.29, 1.82) is 0 Å². The first-order chi connectivity index (χ1) is 5.70. The Hall–Kier alpha value is -0.980. The fourth-order valence-corrected chi connectivity index (χ4v) is 0.797. The molecule has 0 heterocycles. The van der Waals surface area contributed by atoms with E-state index in [1.807, 2.05) is 25.2 Å². The smallest absolute Gasteiger partial charge is 0.0270 e. The van der Waals surface area contributed by atoms with E-state index in [0.717, 1.165) is 17.7 Å². The van der Waals surface area contributed by atoms with Gasteiger partial charge in [-0.25, -0.2) is 0 Å². The van der Waals surface area contributed by atoms with Crippen LogP contribution in [0.15, 0.2) is 36.1 Å². The first kappa shape index (κ1) is 11.0. The van der Waals surface area contributed by atoms with Crippen molar-refractivity contribution in [1.82, 2.24) is 0 Å². The highest BCUT2D eigenvalue weighted by molar-refractivity contribution is 5.23. The fourth-order valence-electron chi connectivity index (χ4n) is 0.797. The van der Waals surface area contributed by atoms with Crippen molar-refractivity contribution in [2.45, 2.75) is 33.1 Å². The average Bonchev–Trinajstić information content (AvgIpc) is 2.10. The van der Waals surface area contributed by atoms with E-state index in [9.17, 15) is 0 Å². The molecule has 0 saturated heterocycles. The van der Waals surface area contributed by atoms with Crippen molar-refractivity contribution >= 4 is 0 Å². The van der Waals surface area contributed by atoms with Gasteiger partial charge in [-0.2, -0.15) is 0 Å². The summed E-state index contributed by atoms with van der Waals surface area (Å²) in [6.45, 7) is 8.03. The highest BCUT2D eigenvalue weighted by Crippen LogP contribution is 2.06. The van der Waals surface area contributed by atoms with Crippen LogP contribution < -0.4 is 5.73 Å². The van der Waals surface area contributed by atoms with Gasteiger partial charge in [0.25, 0.3) is 0 Å². The van der Waals surface area contributed by atoms with E-state index in [-0.39, 0.29) is 0 Å². The van der Waals surface area contributed by atoms with Crippen LogP contribution in [-0.4, -0.2) is 0 Å². The molecule has 0 rings (SSSR count). The van der Waals surface area contributed by atoms with E-state index >= 15 is 0 Å². The quantitative estimate of drug-likeness (QED) is 0.622. The first-order valence-corrected chi connectivity index (χ1v) is 4.48. The van der Waals surface area contributed by atoms with E-state index < -0.39 is 0 Å². The number of unbranched alkanes of at least 4 members (excludes halogenated alkanes) is 1. The second-order valence-corrected chi connectivity index (χ2v) is 2.88. The first-order valence-electron chi connectivity index (χ1n) is 4.48. The van der Waals surface area contributed by atoms with E-state index in [4.69, 9.17) is 5.73 Å². The second-order valence-electron chi connectivity index (χ2n) is 2.88. The Morgan fingerprint density at radius 3 is 2.58 bits per heavy atom. The van der Waals surface area contributed by atoms with Crippen LogP contribution in [0.1, 0.15) is 33.1 Å². The minimum atomic E-state index is 0.799. The van der Waals surface area contributed by atoms with Gasteiger partial charge in [-0.15, -0.1) is 0 Å². The molecule has 2 N–H and O–H groups in total. The molecule has 0 bridgehead atoms. The van der Waals surface area contributed by atoms with Crippen LogP contribution >= 0.6 is 0 Å². The summed E-state index contributed by atoms with van der Waals surface area (Å²) in [6, 6.07) is 0. The minimum Gasteiger partial charge on any atom is -0.399 e. The van der Waals surface area contributed by atoms with Gasteiger partial charge in [-0.1, -0.05) is 37.6 Å². The molecule has 0 aromatic rings. The van der Waals surface area contributed by atoms with E-state index in [0.29, 0.717) is 0 Å². The van der Waals surface area contributed by atoms with Crippen LogP contribution in [-0.2, 0) is 0 Å². The summed E-state index contributed by atoms with van der Waals surface area (Å²) in [4.78, 5) is 0. The van der Waals surface area contributed by atoms with Crippen molar-refractivity contribution < 1.29 is 0 Å². The number of hydrogen-bond donors (Lipinski definition) is 1. The van der Waals surface area contributed by atoms with E-state index in [1.165, 1.54) is 12.8 Å². The van der Waals surface area contributed by atoms with Crippen LogP contribution in [0.25, 0.3) is 0 Å². The summed E-state index contributed by atoms with van der Waals surface area (Å²) in [5.74, 6) is 0. The Balaban J connectivity index is 3.76. The van der Waals surface area contributed by atoms with Crippen LogP contribution in [0, 0.1) is 0 Å². The van der Waals surface area contributed by atoms with Gasteiger partial charge in [0.05, 0.1) is 0 Å². The normalized spacial score (nSPS) is 12.3. The molecule has 0 fully saturated rings. The summed E-state index contributed by atoms with van der Waals surface area (Å²) < 4.78 is 0. The van der Waals surface area contributed by atoms with Gasteiger partial charge in [0.2, 0.25) is 0 Å². The Labute approximate surface area is 75.7 Å². The molecular formula is C11H19N. The third kappa shape index (κ3) is 5.78. The molecule has 12 heavy (non-hydrogen) atoms. The van der Waals surface area contributed by atoms with Gasteiger partial charge in [0, 0.05) is 5.70 Å². The largest absolute Gasteiger partial charge is 0.399 e. The zero-order valence-corrected chi connectivity index (χ0v) is 8.14. The second kappa shape index (κ2) is 6.71. The maximum absolute atomic E-state index is 5.58. The summed E-state index contributed by atoms with van der Waals surface area (Å²) in [6.07, 6.45) is 9.27. The van der Waals surface area contributed by atoms with Gasteiger partial charge in [-0.05, 0) is 25.8 Å². The van der Waals surface area contributed by atoms with Gasteiger partial charge in [0.15, 0.2) is 0 Å². The molecule has 0 saturated carbocycles. The zero-order chi connectivity index (χ0) is 9.40. The number of allylic oxidation sites excluding steroid dienone is 4. The van der Waals surface area contributed by atoms with Crippen LogP contribution in [0.5, 0.6) is 0 Å². The summed E-state index contributed by atoms with van der Waals surface area (Å²) >= 11 is 0. The molecule has 0 radical (unpaired) electrons. The third-order valence-corrected chi connectivity index (χ3v) is 1.70. The molecule has 1 nitrogen and oxygen atoms in total. The van der Waals surface area contributed by atoms with Crippen molar-refractivity contribution in [3.8, 4) is 0 Å². The molecule has 1 heteroatoms. The predicted molar refractivity (Wildman–Crippen MR) is 55.7 cm³/mol. The fraction of sp³-hybridized carbons (Fsp3) is 0.455. The van der Waals surface area contributed by atoms with E-state index in [2.05, 4.69) is 13.5 Å². The van der Waals surface area contributed by atoms with Gasteiger partial charge in [0.1, 0.15) is 0 Å². The van der Waals surface area contributed by atoms with E-state index in [1.54, 1.807) is 0 Å². The standard InChI is InChI=1S/C11H19N/c1-4-6-7-10(3)8-9-11(12)5-2/h5,8-9H,3-4,6-7,12H2,1-2H3/b9-8-,11-5+. The summed E-state index contributed by atoms with van der Waals surface area (Å²) in [5, 5.41) is 0. The summed E-state index contributed by atoms with van der Waals surface area (Å²) in [7, 11) is 0. The molecule has 0 aromatic heterocycles. The molecule has 0 aliphatic rings. The van der Waals surface area contributed by atoms with Crippen molar-refractivity contribution in [3.05, 3.63) is 36.1 Å². The SMILES string of the molecule is C=C(/C=C\C(N)=C/C)CCCC. The zero-order valence-electron chi connectivity index (χ0n) is 8.14. The van der Waals surface area contributed by atoms with Crippen molar-refractivity contribution in [2.24, 2.45) is 5.73 Å². The Morgan fingerprint density at radius 1 is 1.42 bits per heavy atom. The average molecular weight is 165 g/mol. The lowest BCUT2D eigenvalue weighted by molar-refractivity contribution is 0.799. The lowest BCUT2D eigenvalue weighted by Gasteiger charge is -1.96. The number of nitrogens with two attached hydrogens (primary N) is 1. The molecule has 0 aliphatic heterocycles. The Morgan fingerprint density at radius 2 is 2.08 bits per heavy atom. The maximum atomic E-state index is 5.58. The number of hydrogen-bond acceptors (Lipinski definition) is 1. The highest BCUT2D eigenvalue weighted by Gasteiger charge is 1.87. The molecule has 68 valence electrons. The van der Waals surface area contributed by atoms with Crippen molar-refractivity contribution in [2.75, 3.05) is 0 Å². The highest BCUT2D eigenvalue weighted by atomic mass is 14.5. The molecule has 0 atom stereocenters. The van der Waals surface area contributed by atoms with Gasteiger partial charge in [-0.3, -0.25) is 0 Å². The molecule has 0 spiro atoms. The summed E-state index contributed by atoms with van der Waals surface area (Å²) in [5.41, 5.74) is 7.54. The predicted octanol–water partition coefficient (Wildman–Crippen LogP) is 3.15. The molecular weight excluding hydrogens is 146 g/mol. The number of rotatable bonds is 5. The molecule has 0 aromatic carbocycles. The lowest BCUT2D eigenvalue weighted by atomic mass is 10.1. The van der Waals surface area contributed by atoms with Crippen LogP contribution in [0.2, 0.25) is 0 Å².